The molecule has 1 aliphatic carbocycles. The lowest BCUT2D eigenvalue weighted by Crippen LogP contribution is -2.01. The summed E-state index contributed by atoms with van der Waals surface area (Å²) in [6, 6.07) is 63.7. The molecule has 10 rings (SSSR count). The van der Waals surface area contributed by atoms with E-state index in [1.165, 1.54) is 39.0 Å². The number of benzene rings is 7. The van der Waals surface area contributed by atoms with Gasteiger partial charge in [-0.3, -0.25) is 0 Å². The van der Waals surface area contributed by atoms with Gasteiger partial charge in [-0.15, -0.1) is 0 Å². The first-order chi connectivity index (χ1) is 29.7. The lowest BCUT2D eigenvalue weighted by atomic mass is 9.87. The van der Waals surface area contributed by atoms with E-state index >= 15 is 0 Å². The van der Waals surface area contributed by atoms with E-state index in [0.29, 0.717) is 17.5 Å². The maximum atomic E-state index is 6.28. The lowest BCUT2D eigenvalue weighted by molar-refractivity contribution is 0.669. The molecule has 0 fully saturated rings. The number of rotatable bonds is 8. The molecule has 2 heterocycles. The second-order valence-corrected chi connectivity index (χ2v) is 15.4. The van der Waals surface area contributed by atoms with Crippen molar-refractivity contribution in [2.45, 2.75) is 26.2 Å². The quantitative estimate of drug-likeness (QED) is 0.154. The van der Waals surface area contributed by atoms with Gasteiger partial charge in [0.05, 0.1) is 0 Å². The number of fused-ring (bicyclic) bond motifs is 3. The molecule has 1 unspecified atom stereocenters. The van der Waals surface area contributed by atoms with Gasteiger partial charge in [0.1, 0.15) is 11.2 Å². The maximum absolute atomic E-state index is 6.28. The molecule has 0 bridgehead atoms. The molecule has 0 saturated carbocycles. The van der Waals surface area contributed by atoms with Crippen LogP contribution in [0.15, 0.2) is 205 Å². The molecule has 4 nitrogen and oxygen atoms in total. The highest BCUT2D eigenvalue weighted by Gasteiger charge is 2.19. The molecule has 0 radical (unpaired) electrons. The summed E-state index contributed by atoms with van der Waals surface area (Å²) in [6.45, 7) is 2.29. The summed E-state index contributed by atoms with van der Waals surface area (Å²) in [5.41, 5.74) is 14.3. The van der Waals surface area contributed by atoms with E-state index < -0.39 is 0 Å². The number of aromatic nitrogens is 3. The van der Waals surface area contributed by atoms with Crippen LogP contribution in [0.5, 0.6) is 0 Å². The van der Waals surface area contributed by atoms with Crippen LogP contribution in [0, 0.1) is 5.92 Å². The van der Waals surface area contributed by atoms with Crippen molar-refractivity contribution in [2.75, 3.05) is 0 Å². The average Bonchev–Trinajstić information content (AvgIpc) is 3.74. The van der Waals surface area contributed by atoms with Crippen LogP contribution < -0.4 is 0 Å². The van der Waals surface area contributed by atoms with E-state index in [2.05, 4.69) is 153 Å². The third-order valence-electron chi connectivity index (χ3n) is 11.6. The molecule has 1 aliphatic rings. The summed E-state index contributed by atoms with van der Waals surface area (Å²) in [7, 11) is 0. The number of para-hydroxylation sites is 1. The SMILES string of the molecule is CCC1/C=C(c2ccc(-c3ccccc3)cc2)\C=C(\c2cccc(-c3nc(-c4ccccc4)nc(-c4ccc5c(c4)oc4ccccc45)n3)c2)CCC=C1c1ccccc1. The van der Waals surface area contributed by atoms with E-state index in [4.69, 9.17) is 19.4 Å². The van der Waals surface area contributed by atoms with E-state index in [0.717, 1.165) is 63.5 Å². The van der Waals surface area contributed by atoms with Crippen LogP contribution in [-0.4, -0.2) is 15.0 Å². The van der Waals surface area contributed by atoms with Gasteiger partial charge in [-0.25, -0.2) is 15.0 Å². The zero-order valence-corrected chi connectivity index (χ0v) is 33.5. The molecular formula is C56H43N3O. The molecule has 0 amide bonds. The molecule has 0 aliphatic heterocycles. The van der Waals surface area contributed by atoms with Gasteiger partial charge in [-0.1, -0.05) is 183 Å². The molecule has 60 heavy (non-hydrogen) atoms. The van der Waals surface area contributed by atoms with Crippen molar-refractivity contribution < 1.29 is 4.42 Å². The molecule has 2 aromatic heterocycles. The number of nitrogens with zero attached hydrogens (tertiary/aromatic N) is 3. The van der Waals surface area contributed by atoms with Gasteiger partial charge in [0.2, 0.25) is 0 Å². The fourth-order valence-electron chi connectivity index (χ4n) is 8.42. The molecule has 288 valence electrons. The summed E-state index contributed by atoms with van der Waals surface area (Å²) in [6.07, 6.45) is 10.2. The van der Waals surface area contributed by atoms with Gasteiger partial charge >= 0.3 is 0 Å². The number of furan rings is 1. The second kappa shape index (κ2) is 16.4. The largest absolute Gasteiger partial charge is 0.456 e. The zero-order valence-electron chi connectivity index (χ0n) is 33.5. The van der Waals surface area contributed by atoms with Gasteiger partial charge in [0, 0.05) is 33.4 Å². The van der Waals surface area contributed by atoms with E-state index in [1.54, 1.807) is 0 Å². The summed E-state index contributed by atoms with van der Waals surface area (Å²) >= 11 is 0. The van der Waals surface area contributed by atoms with Gasteiger partial charge in [0.25, 0.3) is 0 Å². The highest BCUT2D eigenvalue weighted by Crippen LogP contribution is 2.38. The number of allylic oxidation sites excluding steroid dienone is 6. The second-order valence-electron chi connectivity index (χ2n) is 15.4. The average molecular weight is 774 g/mol. The molecule has 1 atom stereocenters. The minimum absolute atomic E-state index is 0.261. The Labute approximate surface area is 351 Å². The standard InChI is InChI=1S/C56H43N3O/c1-2-38-34-48(41-30-28-40(29-31-41)39-16-6-3-7-17-39)36-45(23-15-26-49(38)42-18-8-4-9-19-42)44-22-14-24-46(35-44)55-57-54(43-20-10-5-11-21-43)58-56(59-55)47-32-33-51-50-25-12-13-27-52(50)60-53(51)37-47/h3-14,16-22,24-38H,2,15,23H2,1H3/b45-36+,48-34+,49-26?. The predicted molar refractivity (Wildman–Crippen MR) is 249 cm³/mol. The topological polar surface area (TPSA) is 51.8 Å². The van der Waals surface area contributed by atoms with E-state index in [1.807, 2.05) is 54.6 Å². The highest BCUT2D eigenvalue weighted by molar-refractivity contribution is 6.05. The molecule has 7 aromatic carbocycles. The first kappa shape index (κ1) is 36.9. The number of hydrogen-bond donors (Lipinski definition) is 0. The van der Waals surface area contributed by atoms with Crippen molar-refractivity contribution in [3.8, 4) is 45.3 Å². The fourth-order valence-corrected chi connectivity index (χ4v) is 8.42. The van der Waals surface area contributed by atoms with E-state index in [9.17, 15) is 0 Å². The molecule has 9 aromatic rings. The van der Waals surface area contributed by atoms with Crippen LogP contribution in [0.25, 0.3) is 83.9 Å². The molecule has 4 heteroatoms. The Bertz CT molecular complexity index is 3050. The fraction of sp³-hybridized carbons (Fsp3) is 0.0893. The van der Waals surface area contributed by atoms with Crippen LogP contribution >= 0.6 is 0 Å². The third kappa shape index (κ3) is 7.52. The lowest BCUT2D eigenvalue weighted by Gasteiger charge is -2.18. The van der Waals surface area contributed by atoms with Gasteiger partial charge in [-0.05, 0) is 88.1 Å². The van der Waals surface area contributed by atoms with Crippen LogP contribution in [0.1, 0.15) is 42.9 Å². The Morgan fingerprint density at radius 1 is 0.467 bits per heavy atom. The van der Waals surface area contributed by atoms with Crippen LogP contribution in [0.4, 0.5) is 0 Å². The van der Waals surface area contributed by atoms with Crippen molar-refractivity contribution in [2.24, 2.45) is 5.92 Å². The van der Waals surface area contributed by atoms with Crippen LogP contribution in [0.2, 0.25) is 0 Å². The van der Waals surface area contributed by atoms with Crippen molar-refractivity contribution in [1.82, 2.24) is 15.0 Å². The van der Waals surface area contributed by atoms with Gasteiger partial charge in [0.15, 0.2) is 17.5 Å². The Morgan fingerprint density at radius 2 is 1.00 bits per heavy atom. The first-order valence-electron chi connectivity index (χ1n) is 20.8. The zero-order chi connectivity index (χ0) is 40.3. The molecule has 0 N–H and O–H groups in total. The van der Waals surface area contributed by atoms with Crippen molar-refractivity contribution in [3.63, 3.8) is 0 Å². The molecule has 0 spiro atoms. The third-order valence-corrected chi connectivity index (χ3v) is 11.6. The first-order valence-corrected chi connectivity index (χ1v) is 20.8. The Balaban J connectivity index is 1.08. The Morgan fingerprint density at radius 3 is 1.72 bits per heavy atom. The molecular weight excluding hydrogens is 731 g/mol. The smallest absolute Gasteiger partial charge is 0.164 e. The summed E-state index contributed by atoms with van der Waals surface area (Å²) in [4.78, 5) is 15.3. The summed E-state index contributed by atoms with van der Waals surface area (Å²) < 4.78 is 6.28. The monoisotopic (exact) mass is 773 g/mol. The van der Waals surface area contributed by atoms with Crippen LogP contribution in [-0.2, 0) is 0 Å². The number of hydrogen-bond acceptors (Lipinski definition) is 4. The normalized spacial score (nSPS) is 16.2. The Kier molecular flexibility index (Phi) is 10.1. The minimum Gasteiger partial charge on any atom is -0.456 e. The maximum Gasteiger partial charge on any atom is 0.164 e. The Hall–Kier alpha value is -7.43. The molecule has 0 saturated heterocycles. The predicted octanol–water partition coefficient (Wildman–Crippen LogP) is 14.8. The minimum atomic E-state index is 0.261. The van der Waals surface area contributed by atoms with Crippen molar-refractivity contribution in [3.05, 3.63) is 217 Å². The van der Waals surface area contributed by atoms with Crippen molar-refractivity contribution >= 4 is 38.7 Å². The van der Waals surface area contributed by atoms with Gasteiger partial charge in [-0.2, -0.15) is 0 Å². The van der Waals surface area contributed by atoms with Crippen molar-refractivity contribution in [1.29, 1.82) is 0 Å². The van der Waals surface area contributed by atoms with E-state index in [-0.39, 0.29) is 5.92 Å². The highest BCUT2D eigenvalue weighted by atomic mass is 16.3. The summed E-state index contributed by atoms with van der Waals surface area (Å²) in [5, 5.41) is 2.16. The van der Waals surface area contributed by atoms with Gasteiger partial charge < -0.3 is 4.42 Å². The van der Waals surface area contributed by atoms with Crippen LogP contribution in [0.3, 0.4) is 0 Å². The summed E-state index contributed by atoms with van der Waals surface area (Å²) in [5.74, 6) is 2.11.